The van der Waals surface area contributed by atoms with Crippen molar-refractivity contribution in [3.05, 3.63) is 65.9 Å². The van der Waals surface area contributed by atoms with Gasteiger partial charge in [-0.15, -0.1) is 11.3 Å². The van der Waals surface area contributed by atoms with E-state index in [1.165, 1.54) is 11.3 Å². The zero-order valence-electron chi connectivity index (χ0n) is 13.8. The lowest BCUT2D eigenvalue weighted by Gasteiger charge is -2.08. The molecular weight excluding hydrogens is 350 g/mol. The number of anilines is 2. The number of hydrogen-bond donors (Lipinski definition) is 2. The molecule has 0 saturated carbocycles. The highest BCUT2D eigenvalue weighted by atomic mass is 32.1. The number of thiazole rings is 1. The quantitative estimate of drug-likeness (QED) is 0.556. The monoisotopic (exact) mass is 365 g/mol. The number of aryl methyl sites for hydroxylation is 1. The fraction of sp³-hybridized carbons (Fsp3) is 0.0556. The van der Waals surface area contributed by atoms with Crippen LogP contribution in [0.15, 0.2) is 64.6 Å². The van der Waals surface area contributed by atoms with Gasteiger partial charge in [-0.3, -0.25) is 5.32 Å². The molecule has 0 atom stereocenters. The molecule has 3 heterocycles. The first-order valence-corrected chi connectivity index (χ1v) is 8.76. The number of para-hydroxylation sites is 1. The predicted octanol–water partition coefficient (Wildman–Crippen LogP) is 4.54. The van der Waals surface area contributed by atoms with Gasteiger partial charge in [0.15, 0.2) is 5.76 Å². The summed E-state index contributed by atoms with van der Waals surface area (Å²) in [5.41, 5.74) is 2.21. The zero-order valence-corrected chi connectivity index (χ0v) is 14.7. The van der Waals surface area contributed by atoms with E-state index in [0.29, 0.717) is 22.4 Å². The molecule has 130 valence electrons. The minimum atomic E-state index is -0.347. The predicted molar refractivity (Wildman–Crippen MR) is 101 cm³/mol. The van der Waals surface area contributed by atoms with Crippen LogP contribution in [-0.4, -0.2) is 20.8 Å². The number of carbonyl (C=O) groups is 1. The Balaban J connectivity index is 1.56. The van der Waals surface area contributed by atoms with Crippen LogP contribution in [0.4, 0.5) is 16.3 Å². The lowest BCUT2D eigenvalue weighted by molar-refractivity contribution is 0.262. The lowest BCUT2D eigenvalue weighted by Crippen LogP contribution is -2.21. The number of rotatable bonds is 4. The summed E-state index contributed by atoms with van der Waals surface area (Å²) in [6, 6.07) is 14.3. The van der Waals surface area contributed by atoms with E-state index in [4.69, 9.17) is 4.42 Å². The third-order valence-electron chi connectivity index (χ3n) is 3.55. The summed E-state index contributed by atoms with van der Waals surface area (Å²) in [5, 5.41) is 12.6. The topological polar surface area (TPSA) is 85.0 Å². The zero-order chi connectivity index (χ0) is 17.9. The summed E-state index contributed by atoms with van der Waals surface area (Å²) >= 11 is 1.42. The van der Waals surface area contributed by atoms with Gasteiger partial charge in [0.2, 0.25) is 5.13 Å². The van der Waals surface area contributed by atoms with Gasteiger partial charge in [0, 0.05) is 17.1 Å². The van der Waals surface area contributed by atoms with Crippen molar-refractivity contribution in [2.24, 2.45) is 0 Å². The van der Waals surface area contributed by atoms with E-state index < -0.39 is 0 Å². The Labute approximate surface area is 153 Å². The van der Waals surface area contributed by atoms with Crippen molar-refractivity contribution in [3.63, 3.8) is 0 Å². The van der Waals surface area contributed by atoms with Gasteiger partial charge in [0.1, 0.15) is 11.5 Å². The number of nitrogens with zero attached hydrogens (tertiary/aromatic N) is 3. The van der Waals surface area contributed by atoms with E-state index in [1.54, 1.807) is 17.0 Å². The van der Waals surface area contributed by atoms with Crippen molar-refractivity contribution in [2.45, 2.75) is 6.92 Å². The minimum Gasteiger partial charge on any atom is -0.463 e. The molecule has 0 aliphatic heterocycles. The Morgan fingerprint density at radius 3 is 2.77 bits per heavy atom. The van der Waals surface area contributed by atoms with Gasteiger partial charge < -0.3 is 9.73 Å². The summed E-state index contributed by atoms with van der Waals surface area (Å²) in [6.07, 6.45) is 1.60. The molecule has 26 heavy (non-hydrogen) atoms. The normalized spacial score (nSPS) is 10.7. The van der Waals surface area contributed by atoms with E-state index in [2.05, 4.69) is 20.7 Å². The minimum absolute atomic E-state index is 0.347. The van der Waals surface area contributed by atoms with E-state index in [9.17, 15) is 4.79 Å². The highest BCUT2D eigenvalue weighted by molar-refractivity contribution is 7.12. The summed E-state index contributed by atoms with van der Waals surface area (Å²) in [7, 11) is 0. The molecule has 1 aromatic carbocycles. The van der Waals surface area contributed by atoms with E-state index in [0.717, 1.165) is 11.4 Å². The lowest BCUT2D eigenvalue weighted by atomic mass is 10.3. The van der Waals surface area contributed by atoms with Gasteiger partial charge in [-0.1, -0.05) is 18.2 Å². The number of furan rings is 1. The van der Waals surface area contributed by atoms with Crippen LogP contribution in [0.25, 0.3) is 16.6 Å². The van der Waals surface area contributed by atoms with Gasteiger partial charge in [-0.05, 0) is 31.2 Å². The number of carbonyl (C=O) groups excluding carboxylic acids is 1. The molecule has 0 unspecified atom stereocenters. The van der Waals surface area contributed by atoms with Crippen LogP contribution >= 0.6 is 11.3 Å². The average molecular weight is 365 g/mol. The maximum atomic E-state index is 12.3. The first-order chi connectivity index (χ1) is 12.7. The highest BCUT2D eigenvalue weighted by Crippen LogP contribution is 2.26. The van der Waals surface area contributed by atoms with Crippen molar-refractivity contribution in [1.82, 2.24) is 14.8 Å². The largest absolute Gasteiger partial charge is 0.463 e. The van der Waals surface area contributed by atoms with Crippen molar-refractivity contribution in [2.75, 3.05) is 10.6 Å². The smallest absolute Gasteiger partial charge is 0.324 e. The molecule has 0 fully saturated rings. The van der Waals surface area contributed by atoms with Crippen LogP contribution in [0.1, 0.15) is 5.69 Å². The number of urea groups is 1. The molecule has 0 radical (unpaired) electrons. The standard InChI is InChI=1S/C18H15N5O2S/c1-12-10-16(21-17(24)19-13-6-3-2-4-7-13)23(22-12)18-20-14(11-26-18)15-8-5-9-25-15/h2-11H,1H3,(H2,19,21,24). The fourth-order valence-electron chi connectivity index (χ4n) is 2.43. The molecule has 0 aliphatic rings. The molecule has 2 amide bonds. The summed E-state index contributed by atoms with van der Waals surface area (Å²) in [5.74, 6) is 1.23. The average Bonchev–Trinajstić information content (AvgIpc) is 3.35. The van der Waals surface area contributed by atoms with Crippen molar-refractivity contribution in [3.8, 4) is 16.6 Å². The molecule has 4 rings (SSSR count). The SMILES string of the molecule is Cc1cc(NC(=O)Nc2ccccc2)n(-c2nc(-c3ccco3)cs2)n1. The Bertz CT molecular complexity index is 1020. The number of amides is 2. The van der Waals surface area contributed by atoms with Crippen molar-refractivity contribution >= 4 is 28.9 Å². The summed E-state index contributed by atoms with van der Waals surface area (Å²) in [4.78, 5) is 16.8. The first-order valence-electron chi connectivity index (χ1n) is 7.88. The van der Waals surface area contributed by atoms with Crippen LogP contribution in [-0.2, 0) is 0 Å². The highest BCUT2D eigenvalue weighted by Gasteiger charge is 2.15. The second kappa shape index (κ2) is 6.85. The van der Waals surface area contributed by atoms with Crippen LogP contribution in [0.3, 0.4) is 0 Å². The van der Waals surface area contributed by atoms with Gasteiger partial charge in [-0.2, -0.15) is 9.78 Å². The number of hydrogen-bond acceptors (Lipinski definition) is 5. The Morgan fingerprint density at radius 1 is 1.15 bits per heavy atom. The fourth-order valence-corrected chi connectivity index (χ4v) is 3.21. The summed E-state index contributed by atoms with van der Waals surface area (Å²) in [6.45, 7) is 1.86. The van der Waals surface area contributed by atoms with Gasteiger partial charge in [-0.25, -0.2) is 9.78 Å². The third-order valence-corrected chi connectivity index (χ3v) is 4.37. The van der Waals surface area contributed by atoms with Crippen LogP contribution in [0.5, 0.6) is 0 Å². The first kappa shape index (κ1) is 16.1. The second-order valence-corrected chi connectivity index (χ2v) is 6.36. The Morgan fingerprint density at radius 2 is 2.00 bits per heavy atom. The molecule has 2 N–H and O–H groups in total. The Kier molecular flexibility index (Phi) is 4.24. The van der Waals surface area contributed by atoms with Gasteiger partial charge in [0.25, 0.3) is 0 Å². The molecule has 0 spiro atoms. The summed E-state index contributed by atoms with van der Waals surface area (Å²) < 4.78 is 6.98. The number of benzene rings is 1. The maximum Gasteiger partial charge on any atom is 0.324 e. The number of aromatic nitrogens is 3. The van der Waals surface area contributed by atoms with Crippen LogP contribution < -0.4 is 10.6 Å². The molecular formula is C18H15N5O2S. The Hall–Kier alpha value is -3.39. The molecule has 0 aliphatic carbocycles. The van der Waals surface area contributed by atoms with E-state index >= 15 is 0 Å². The number of nitrogens with one attached hydrogen (secondary N) is 2. The van der Waals surface area contributed by atoms with Crippen molar-refractivity contribution in [1.29, 1.82) is 0 Å². The second-order valence-electron chi connectivity index (χ2n) is 5.52. The molecule has 7 nitrogen and oxygen atoms in total. The maximum absolute atomic E-state index is 12.3. The molecule has 3 aromatic heterocycles. The van der Waals surface area contributed by atoms with Crippen LogP contribution in [0, 0.1) is 6.92 Å². The van der Waals surface area contributed by atoms with E-state index in [1.807, 2.05) is 54.8 Å². The van der Waals surface area contributed by atoms with Gasteiger partial charge in [0.05, 0.1) is 12.0 Å². The van der Waals surface area contributed by atoms with E-state index in [-0.39, 0.29) is 6.03 Å². The molecule has 0 saturated heterocycles. The van der Waals surface area contributed by atoms with Gasteiger partial charge >= 0.3 is 6.03 Å². The van der Waals surface area contributed by atoms with Crippen molar-refractivity contribution < 1.29 is 9.21 Å². The molecule has 8 heteroatoms. The third kappa shape index (κ3) is 3.35. The molecule has 0 bridgehead atoms. The molecule has 4 aromatic rings. The van der Waals surface area contributed by atoms with Crippen LogP contribution in [0.2, 0.25) is 0 Å².